The molecule has 45 heavy (non-hydrogen) atoms. The summed E-state index contributed by atoms with van der Waals surface area (Å²) < 4.78 is 32.5. The Hall–Kier alpha value is -2.08. The molecule has 0 saturated carbocycles. The van der Waals surface area contributed by atoms with Crippen LogP contribution < -0.4 is 9.47 Å². The van der Waals surface area contributed by atoms with E-state index in [1.54, 1.807) is 0 Å². The quantitative estimate of drug-likeness (QED) is 0.0698. The standard InChI is InChI=1S/C40H62O5/c1-3-5-7-9-11-13-21-27-39(37-33-43-37,29-31-41-35-23-17-15-18-24-35)45-40(38-34-44-38,28-22-14-12-10-8-6-4-2)30-32-42-36-25-19-16-20-26-36/h15-20,23-26,37-38H,3-14,21-22,27-34H2,1-2H3. The van der Waals surface area contributed by atoms with Gasteiger partial charge < -0.3 is 23.7 Å². The second kappa shape index (κ2) is 20.2. The molecule has 5 heteroatoms. The zero-order valence-corrected chi connectivity index (χ0v) is 28.5. The predicted molar refractivity (Wildman–Crippen MR) is 184 cm³/mol. The van der Waals surface area contributed by atoms with Crippen molar-refractivity contribution in [2.45, 2.75) is 153 Å². The van der Waals surface area contributed by atoms with Gasteiger partial charge in [-0.15, -0.1) is 0 Å². The first-order valence-electron chi connectivity index (χ1n) is 18.5. The normalized spacial score (nSPS) is 19.9. The molecule has 0 radical (unpaired) electrons. The Kier molecular flexibility index (Phi) is 16.1. The van der Waals surface area contributed by atoms with Crippen molar-refractivity contribution < 1.29 is 23.7 Å². The number of hydrogen-bond donors (Lipinski definition) is 0. The smallest absolute Gasteiger partial charge is 0.119 e. The minimum Gasteiger partial charge on any atom is -0.493 e. The maximum atomic E-state index is 7.63. The van der Waals surface area contributed by atoms with Crippen molar-refractivity contribution in [3.63, 3.8) is 0 Å². The van der Waals surface area contributed by atoms with Crippen molar-refractivity contribution in [2.75, 3.05) is 26.4 Å². The fourth-order valence-corrected chi connectivity index (χ4v) is 6.82. The zero-order chi connectivity index (χ0) is 31.5. The average Bonchev–Trinajstić information content (AvgIpc) is 3.98. The van der Waals surface area contributed by atoms with Crippen LogP contribution >= 0.6 is 0 Å². The lowest BCUT2D eigenvalue weighted by Gasteiger charge is -2.44. The number of unbranched alkanes of at least 4 members (excludes halogenated alkanes) is 12. The van der Waals surface area contributed by atoms with Crippen molar-refractivity contribution in [1.29, 1.82) is 0 Å². The lowest BCUT2D eigenvalue weighted by molar-refractivity contribution is -0.195. The molecular weight excluding hydrogens is 560 g/mol. The van der Waals surface area contributed by atoms with E-state index < -0.39 is 11.2 Å². The highest BCUT2D eigenvalue weighted by Gasteiger charge is 2.56. The van der Waals surface area contributed by atoms with Gasteiger partial charge in [0.15, 0.2) is 0 Å². The highest BCUT2D eigenvalue weighted by molar-refractivity contribution is 5.21. The van der Waals surface area contributed by atoms with E-state index in [0.717, 1.165) is 63.2 Å². The van der Waals surface area contributed by atoms with Crippen molar-refractivity contribution in [3.05, 3.63) is 60.7 Å². The maximum Gasteiger partial charge on any atom is 0.119 e. The first-order valence-corrected chi connectivity index (χ1v) is 18.5. The van der Waals surface area contributed by atoms with E-state index >= 15 is 0 Å². The predicted octanol–water partition coefficient (Wildman–Crippen LogP) is 10.5. The maximum absolute atomic E-state index is 7.63. The summed E-state index contributed by atoms with van der Waals surface area (Å²) >= 11 is 0. The Balaban J connectivity index is 1.48. The van der Waals surface area contributed by atoms with E-state index in [0.29, 0.717) is 13.2 Å². The summed E-state index contributed by atoms with van der Waals surface area (Å²) in [4.78, 5) is 0. The van der Waals surface area contributed by atoms with Crippen LogP contribution in [0.2, 0.25) is 0 Å². The molecule has 4 rings (SSSR count). The van der Waals surface area contributed by atoms with Crippen LogP contribution in [0.25, 0.3) is 0 Å². The van der Waals surface area contributed by atoms with Gasteiger partial charge in [-0.3, -0.25) is 0 Å². The molecule has 0 aromatic heterocycles. The second-order valence-electron chi connectivity index (χ2n) is 13.4. The molecule has 0 aliphatic carbocycles. The summed E-state index contributed by atoms with van der Waals surface area (Å²) in [5.74, 6) is 1.82. The molecule has 2 aliphatic heterocycles. The largest absolute Gasteiger partial charge is 0.493 e. The Bertz CT molecular complexity index is 926. The molecule has 2 saturated heterocycles. The van der Waals surface area contributed by atoms with Gasteiger partial charge in [0.2, 0.25) is 0 Å². The summed E-state index contributed by atoms with van der Waals surface area (Å²) in [6.07, 6.45) is 21.8. The van der Waals surface area contributed by atoms with Crippen LogP contribution in [0, 0.1) is 0 Å². The fourth-order valence-electron chi connectivity index (χ4n) is 6.82. The Morgan fingerprint density at radius 2 is 0.867 bits per heavy atom. The van der Waals surface area contributed by atoms with Crippen LogP contribution in [0.1, 0.15) is 129 Å². The summed E-state index contributed by atoms with van der Waals surface area (Å²) in [6.45, 7) is 7.32. The molecular formula is C40H62O5. The first kappa shape index (κ1) is 35.8. The summed E-state index contributed by atoms with van der Waals surface area (Å²) in [6, 6.07) is 20.4. The van der Waals surface area contributed by atoms with E-state index in [-0.39, 0.29) is 12.2 Å². The van der Waals surface area contributed by atoms with Gasteiger partial charge in [-0.2, -0.15) is 0 Å². The SMILES string of the molecule is CCCCCCCCCC(CCOc1ccccc1)(OC(CCCCCCCCC)(CCOc1ccccc1)C1CO1)C1CO1. The molecule has 4 atom stereocenters. The molecule has 0 amide bonds. The van der Waals surface area contributed by atoms with Gasteiger partial charge in [0.05, 0.1) is 26.4 Å². The zero-order valence-electron chi connectivity index (χ0n) is 28.5. The number of benzene rings is 2. The average molecular weight is 623 g/mol. The lowest BCUT2D eigenvalue weighted by atomic mass is 9.83. The van der Waals surface area contributed by atoms with Gasteiger partial charge >= 0.3 is 0 Å². The molecule has 252 valence electrons. The summed E-state index contributed by atoms with van der Waals surface area (Å²) in [7, 11) is 0. The van der Waals surface area contributed by atoms with Crippen LogP contribution in [0.4, 0.5) is 0 Å². The van der Waals surface area contributed by atoms with Gasteiger partial charge in [-0.05, 0) is 37.1 Å². The summed E-state index contributed by atoms with van der Waals surface area (Å²) in [5, 5.41) is 0. The number of para-hydroxylation sites is 2. The number of ether oxygens (including phenoxy) is 5. The van der Waals surface area contributed by atoms with Gasteiger partial charge in [-0.1, -0.05) is 140 Å². The second-order valence-corrected chi connectivity index (χ2v) is 13.4. The van der Waals surface area contributed by atoms with Crippen LogP contribution in [0.5, 0.6) is 11.5 Å². The molecule has 2 aromatic rings. The van der Waals surface area contributed by atoms with Crippen molar-refractivity contribution in [1.82, 2.24) is 0 Å². The van der Waals surface area contributed by atoms with Crippen LogP contribution in [0.15, 0.2) is 60.7 Å². The van der Waals surface area contributed by atoms with Gasteiger partial charge in [0, 0.05) is 12.8 Å². The number of hydrogen-bond acceptors (Lipinski definition) is 5. The molecule has 2 aliphatic rings. The molecule has 4 unspecified atom stereocenters. The van der Waals surface area contributed by atoms with Crippen LogP contribution in [0.3, 0.4) is 0 Å². The topological polar surface area (TPSA) is 52.8 Å². The van der Waals surface area contributed by atoms with Gasteiger partial charge in [0.1, 0.15) is 34.9 Å². The van der Waals surface area contributed by atoms with Crippen LogP contribution in [-0.2, 0) is 14.2 Å². The highest BCUT2D eigenvalue weighted by Crippen LogP contribution is 2.46. The Morgan fingerprint density at radius 1 is 0.511 bits per heavy atom. The third kappa shape index (κ3) is 12.9. The monoisotopic (exact) mass is 622 g/mol. The fraction of sp³-hybridized carbons (Fsp3) is 0.700. The Morgan fingerprint density at radius 3 is 1.22 bits per heavy atom. The summed E-state index contributed by atoms with van der Waals surface area (Å²) in [5.41, 5.74) is -0.782. The molecule has 5 nitrogen and oxygen atoms in total. The third-order valence-corrected chi connectivity index (χ3v) is 9.73. The molecule has 2 aromatic carbocycles. The molecule has 0 N–H and O–H groups in total. The van der Waals surface area contributed by atoms with Crippen molar-refractivity contribution >= 4 is 0 Å². The van der Waals surface area contributed by atoms with E-state index in [1.807, 2.05) is 60.7 Å². The van der Waals surface area contributed by atoms with Crippen LogP contribution in [-0.4, -0.2) is 49.8 Å². The van der Waals surface area contributed by atoms with E-state index in [2.05, 4.69) is 13.8 Å². The molecule has 0 bridgehead atoms. The van der Waals surface area contributed by atoms with Gasteiger partial charge in [0.25, 0.3) is 0 Å². The number of epoxide rings is 2. The minimum atomic E-state index is -0.391. The van der Waals surface area contributed by atoms with E-state index in [1.165, 1.54) is 77.0 Å². The van der Waals surface area contributed by atoms with E-state index in [4.69, 9.17) is 23.7 Å². The number of rotatable bonds is 28. The Labute approximate surface area is 274 Å². The minimum absolute atomic E-state index is 0.110. The molecule has 2 heterocycles. The first-order chi connectivity index (χ1) is 22.2. The van der Waals surface area contributed by atoms with Crippen molar-refractivity contribution in [2.24, 2.45) is 0 Å². The third-order valence-electron chi connectivity index (χ3n) is 9.73. The molecule has 0 spiro atoms. The van der Waals surface area contributed by atoms with Crippen molar-refractivity contribution in [3.8, 4) is 11.5 Å². The highest BCUT2D eigenvalue weighted by atomic mass is 16.6. The van der Waals surface area contributed by atoms with E-state index in [9.17, 15) is 0 Å². The van der Waals surface area contributed by atoms with Gasteiger partial charge in [-0.25, -0.2) is 0 Å². The lowest BCUT2D eigenvalue weighted by Crippen LogP contribution is -2.52. The molecule has 2 fully saturated rings.